The summed E-state index contributed by atoms with van der Waals surface area (Å²) in [4.78, 5) is 0. The van der Waals surface area contributed by atoms with E-state index in [4.69, 9.17) is 14.6 Å². The topological polar surface area (TPSA) is 99.4 Å². The van der Waals surface area contributed by atoms with Gasteiger partial charge in [0.15, 0.2) is 6.29 Å². The first-order chi connectivity index (χ1) is 10.6. The fourth-order valence-electron chi connectivity index (χ4n) is 2.71. The molecule has 0 aliphatic carbocycles. The van der Waals surface area contributed by atoms with Crippen LogP contribution in [0.1, 0.15) is 58.3 Å². The first-order valence-corrected chi connectivity index (χ1v) is 8.54. The molecule has 6 heteroatoms. The molecule has 6 nitrogen and oxygen atoms in total. The van der Waals surface area contributed by atoms with Gasteiger partial charge in [0.1, 0.15) is 24.4 Å². The number of hydrogen-bond acceptors (Lipinski definition) is 6. The van der Waals surface area contributed by atoms with Gasteiger partial charge in [-0.3, -0.25) is 0 Å². The molecule has 22 heavy (non-hydrogen) atoms. The van der Waals surface area contributed by atoms with Crippen molar-refractivity contribution in [1.29, 1.82) is 0 Å². The van der Waals surface area contributed by atoms with Gasteiger partial charge in [0.25, 0.3) is 0 Å². The van der Waals surface area contributed by atoms with Crippen LogP contribution >= 0.6 is 0 Å². The fraction of sp³-hybridized carbons (Fsp3) is 1.00. The number of ether oxygens (including phenoxy) is 2. The minimum absolute atomic E-state index is 0.410. The van der Waals surface area contributed by atoms with E-state index in [1.807, 2.05) is 0 Å². The molecule has 0 saturated carbocycles. The van der Waals surface area contributed by atoms with E-state index in [9.17, 15) is 15.3 Å². The Bertz CT molecular complexity index is 275. The molecule has 1 heterocycles. The standard InChI is InChI=1S/C16H32O6/c1-2-3-4-5-6-7-8-9-10-21-15-14(19)13(18)12(11-17)22-16(15)20/h12-20H,2-11H2,1H3/t12-,13+,14+,15-,16?/m1/s1. The summed E-state index contributed by atoms with van der Waals surface area (Å²) in [6.07, 6.45) is 3.64. The molecule has 0 radical (unpaired) electrons. The van der Waals surface area contributed by atoms with E-state index in [1.54, 1.807) is 0 Å². The Balaban J connectivity index is 2.11. The van der Waals surface area contributed by atoms with Crippen LogP contribution in [0, 0.1) is 0 Å². The molecule has 0 aromatic carbocycles. The first kappa shape index (κ1) is 19.8. The lowest BCUT2D eigenvalue weighted by atomic mass is 9.99. The van der Waals surface area contributed by atoms with Crippen LogP contribution in [0.3, 0.4) is 0 Å². The van der Waals surface area contributed by atoms with Crippen LogP contribution in [0.5, 0.6) is 0 Å². The van der Waals surface area contributed by atoms with Gasteiger partial charge in [0, 0.05) is 6.61 Å². The average molecular weight is 320 g/mol. The molecular formula is C16H32O6. The predicted octanol–water partition coefficient (Wildman–Crippen LogP) is 0.944. The summed E-state index contributed by atoms with van der Waals surface area (Å²) in [6, 6.07) is 0. The molecule has 1 fully saturated rings. The van der Waals surface area contributed by atoms with Crippen LogP contribution in [0.2, 0.25) is 0 Å². The molecule has 0 aromatic rings. The zero-order valence-electron chi connectivity index (χ0n) is 13.6. The highest BCUT2D eigenvalue weighted by Crippen LogP contribution is 2.22. The third-order valence-corrected chi connectivity index (χ3v) is 4.15. The van der Waals surface area contributed by atoms with Crippen molar-refractivity contribution in [1.82, 2.24) is 0 Å². The van der Waals surface area contributed by atoms with Crippen molar-refractivity contribution < 1.29 is 29.9 Å². The summed E-state index contributed by atoms with van der Waals surface area (Å²) in [5.74, 6) is 0. The van der Waals surface area contributed by atoms with Crippen molar-refractivity contribution in [3.63, 3.8) is 0 Å². The zero-order chi connectivity index (χ0) is 16.4. The fourth-order valence-corrected chi connectivity index (χ4v) is 2.71. The Hall–Kier alpha value is -0.240. The van der Waals surface area contributed by atoms with Crippen molar-refractivity contribution in [3.05, 3.63) is 0 Å². The predicted molar refractivity (Wildman–Crippen MR) is 82.3 cm³/mol. The molecule has 0 spiro atoms. The number of hydrogen-bond donors (Lipinski definition) is 4. The first-order valence-electron chi connectivity index (χ1n) is 8.54. The number of rotatable bonds is 11. The van der Waals surface area contributed by atoms with Crippen molar-refractivity contribution >= 4 is 0 Å². The van der Waals surface area contributed by atoms with E-state index in [-0.39, 0.29) is 0 Å². The van der Waals surface area contributed by atoms with Crippen LogP contribution in [-0.2, 0) is 9.47 Å². The molecular weight excluding hydrogens is 288 g/mol. The summed E-state index contributed by atoms with van der Waals surface area (Å²) in [6.45, 7) is 2.16. The Morgan fingerprint density at radius 3 is 2.05 bits per heavy atom. The third kappa shape index (κ3) is 6.48. The van der Waals surface area contributed by atoms with E-state index >= 15 is 0 Å². The second-order valence-corrected chi connectivity index (χ2v) is 6.04. The van der Waals surface area contributed by atoms with Gasteiger partial charge in [0.2, 0.25) is 0 Å². The third-order valence-electron chi connectivity index (χ3n) is 4.15. The molecule has 5 atom stereocenters. The largest absolute Gasteiger partial charge is 0.394 e. The van der Waals surface area contributed by atoms with Crippen LogP contribution < -0.4 is 0 Å². The summed E-state index contributed by atoms with van der Waals surface area (Å²) in [5.41, 5.74) is 0. The summed E-state index contributed by atoms with van der Waals surface area (Å²) < 4.78 is 10.5. The Kier molecular flexibility index (Phi) is 10.2. The lowest BCUT2D eigenvalue weighted by Gasteiger charge is -2.39. The van der Waals surface area contributed by atoms with Gasteiger partial charge < -0.3 is 29.9 Å². The smallest absolute Gasteiger partial charge is 0.184 e. The maximum atomic E-state index is 9.91. The van der Waals surface area contributed by atoms with Crippen LogP contribution in [0.15, 0.2) is 0 Å². The molecule has 1 unspecified atom stereocenters. The van der Waals surface area contributed by atoms with Crippen LogP contribution in [0.4, 0.5) is 0 Å². The summed E-state index contributed by atoms with van der Waals surface area (Å²) in [5, 5.41) is 38.4. The van der Waals surface area contributed by atoms with Gasteiger partial charge in [-0.25, -0.2) is 0 Å². The van der Waals surface area contributed by atoms with Crippen molar-refractivity contribution in [2.24, 2.45) is 0 Å². The van der Waals surface area contributed by atoms with E-state index in [0.717, 1.165) is 19.3 Å². The molecule has 1 saturated heterocycles. The average Bonchev–Trinajstić information content (AvgIpc) is 2.52. The minimum atomic E-state index is -1.33. The maximum absolute atomic E-state index is 9.91. The van der Waals surface area contributed by atoms with E-state index < -0.39 is 37.3 Å². The lowest BCUT2D eigenvalue weighted by Crippen LogP contribution is -2.59. The van der Waals surface area contributed by atoms with Gasteiger partial charge in [-0.05, 0) is 6.42 Å². The van der Waals surface area contributed by atoms with E-state index in [1.165, 1.54) is 32.1 Å². The summed E-state index contributed by atoms with van der Waals surface area (Å²) in [7, 11) is 0. The highest BCUT2D eigenvalue weighted by atomic mass is 16.7. The van der Waals surface area contributed by atoms with Crippen molar-refractivity contribution in [3.8, 4) is 0 Å². The second-order valence-electron chi connectivity index (χ2n) is 6.04. The molecule has 0 bridgehead atoms. The number of unbranched alkanes of at least 4 members (excludes halogenated alkanes) is 7. The van der Waals surface area contributed by atoms with Gasteiger partial charge in [-0.1, -0.05) is 51.9 Å². The van der Waals surface area contributed by atoms with Crippen molar-refractivity contribution in [2.45, 2.75) is 89.0 Å². The van der Waals surface area contributed by atoms with E-state index in [0.29, 0.717) is 6.61 Å². The van der Waals surface area contributed by atoms with Gasteiger partial charge >= 0.3 is 0 Å². The molecule has 4 N–H and O–H groups in total. The normalized spacial score (nSPS) is 32.3. The van der Waals surface area contributed by atoms with Crippen LogP contribution in [0.25, 0.3) is 0 Å². The van der Waals surface area contributed by atoms with Gasteiger partial charge in [-0.15, -0.1) is 0 Å². The van der Waals surface area contributed by atoms with Crippen LogP contribution in [-0.4, -0.2) is 64.3 Å². The molecule has 0 aromatic heterocycles. The monoisotopic (exact) mass is 320 g/mol. The molecule has 132 valence electrons. The minimum Gasteiger partial charge on any atom is -0.394 e. The van der Waals surface area contributed by atoms with E-state index in [2.05, 4.69) is 6.92 Å². The van der Waals surface area contributed by atoms with Crippen molar-refractivity contribution in [2.75, 3.05) is 13.2 Å². The zero-order valence-corrected chi connectivity index (χ0v) is 13.6. The molecule has 1 rings (SSSR count). The summed E-state index contributed by atoms with van der Waals surface area (Å²) >= 11 is 0. The Labute approximate surface area is 133 Å². The van der Waals surface area contributed by atoms with Gasteiger partial charge in [-0.2, -0.15) is 0 Å². The lowest BCUT2D eigenvalue weighted by molar-refractivity contribution is -0.296. The Morgan fingerprint density at radius 2 is 1.45 bits per heavy atom. The Morgan fingerprint density at radius 1 is 0.864 bits per heavy atom. The maximum Gasteiger partial charge on any atom is 0.184 e. The highest BCUT2D eigenvalue weighted by Gasteiger charge is 2.44. The molecule has 1 aliphatic heterocycles. The molecule has 0 amide bonds. The quantitative estimate of drug-likeness (QED) is 0.423. The van der Waals surface area contributed by atoms with Gasteiger partial charge in [0.05, 0.1) is 6.61 Å². The second kappa shape index (κ2) is 11.3. The highest BCUT2D eigenvalue weighted by molar-refractivity contribution is 4.89. The number of aliphatic hydroxyl groups excluding tert-OH is 4. The number of aliphatic hydroxyl groups is 4. The molecule has 1 aliphatic rings. The SMILES string of the molecule is CCCCCCCCCCO[C@H]1C(O)O[C@H](CO)[C@H](O)[C@@H]1O.